The third-order valence-corrected chi connectivity index (χ3v) is 7.15. The van der Waals surface area contributed by atoms with Crippen molar-refractivity contribution in [3.63, 3.8) is 0 Å². The highest BCUT2D eigenvalue weighted by Crippen LogP contribution is 2.35. The van der Waals surface area contributed by atoms with Gasteiger partial charge in [-0.3, -0.25) is 14.4 Å². The van der Waals surface area contributed by atoms with Crippen LogP contribution in [0.4, 0.5) is 14.5 Å². The lowest BCUT2D eigenvalue weighted by atomic mass is 9.93. The van der Waals surface area contributed by atoms with Crippen LogP contribution in [0.5, 0.6) is 0 Å². The molecule has 0 aliphatic rings. The Balaban J connectivity index is 3.55. The number of amides is 2. The highest BCUT2D eigenvalue weighted by atomic mass is 32.2. The minimum absolute atomic E-state index is 0.0569. The van der Waals surface area contributed by atoms with E-state index in [-0.39, 0.29) is 39.4 Å². The second-order valence-electron chi connectivity index (χ2n) is 9.27. The molecule has 174 valence electrons. The van der Waals surface area contributed by atoms with Crippen molar-refractivity contribution in [1.82, 2.24) is 0 Å². The zero-order valence-corrected chi connectivity index (χ0v) is 20.8. The van der Waals surface area contributed by atoms with Crippen molar-refractivity contribution in [2.45, 2.75) is 67.2 Å². The zero-order chi connectivity index (χ0) is 24.2. The van der Waals surface area contributed by atoms with Crippen LogP contribution in [0.25, 0.3) is 0 Å². The number of hydrogen-bond acceptors (Lipinski definition) is 4. The van der Waals surface area contributed by atoms with Gasteiger partial charge in [-0.15, -0.1) is 0 Å². The van der Waals surface area contributed by atoms with Crippen molar-refractivity contribution in [3.05, 3.63) is 23.8 Å². The number of carbonyl (C=O) groups excluding carboxylic acids is 3. The molecule has 1 aromatic rings. The van der Waals surface area contributed by atoms with Gasteiger partial charge in [0.2, 0.25) is 11.8 Å². The lowest BCUT2D eigenvalue weighted by molar-refractivity contribution is -0.131. The fourth-order valence-electron chi connectivity index (χ4n) is 2.57. The van der Waals surface area contributed by atoms with Gasteiger partial charge in [-0.05, 0) is 35.6 Å². The predicted molar refractivity (Wildman–Crippen MR) is 122 cm³/mol. The maximum absolute atomic E-state index is 14.9. The minimum atomic E-state index is -1.01. The molecule has 0 saturated carbocycles. The predicted octanol–water partition coefficient (Wildman–Crippen LogP) is 6.32. The van der Waals surface area contributed by atoms with E-state index in [9.17, 15) is 23.2 Å². The summed E-state index contributed by atoms with van der Waals surface area (Å²) in [5.41, 5.74) is -0.316. The average molecular weight is 456 g/mol. The Morgan fingerprint density at radius 1 is 0.710 bits per heavy atom. The van der Waals surface area contributed by atoms with E-state index in [4.69, 9.17) is 0 Å². The molecule has 2 amide bonds. The van der Waals surface area contributed by atoms with E-state index < -0.39 is 35.3 Å². The van der Waals surface area contributed by atoms with Gasteiger partial charge >= 0.3 is 0 Å². The number of benzene rings is 1. The highest BCUT2D eigenvalue weighted by Gasteiger charge is 2.35. The molecule has 1 aromatic carbocycles. The van der Waals surface area contributed by atoms with Crippen LogP contribution in [0.3, 0.4) is 0 Å². The maximum atomic E-state index is 14.9. The molecule has 7 heteroatoms. The first kappa shape index (κ1) is 27.3. The van der Waals surface area contributed by atoms with Gasteiger partial charge in [0.15, 0.2) is 5.12 Å². The zero-order valence-electron chi connectivity index (χ0n) is 20.0. The van der Waals surface area contributed by atoms with Crippen LogP contribution in [0.15, 0.2) is 17.0 Å². The molecule has 0 radical (unpaired) electrons. The first-order valence-corrected chi connectivity index (χ1v) is 11.6. The maximum Gasteiger partial charge on any atom is 0.236 e. The van der Waals surface area contributed by atoms with E-state index in [1.807, 2.05) is 41.5 Å². The second-order valence-corrected chi connectivity index (χ2v) is 10.3. The smallest absolute Gasteiger partial charge is 0.236 e. The molecule has 3 atom stereocenters. The molecular weight excluding hydrogens is 420 g/mol. The minimum Gasteiger partial charge on any atom is -0.287 e. The summed E-state index contributed by atoms with van der Waals surface area (Å²) in [6.07, 6.45) is 0. The fraction of sp³-hybridized carbons (Fsp3) is 0.625. The lowest BCUT2D eigenvalue weighted by Gasteiger charge is -2.30. The van der Waals surface area contributed by atoms with Crippen molar-refractivity contribution in [2.24, 2.45) is 35.5 Å². The normalized spacial score (nSPS) is 14.6. The first-order valence-electron chi connectivity index (χ1n) is 10.8. The van der Waals surface area contributed by atoms with E-state index in [2.05, 4.69) is 0 Å². The summed E-state index contributed by atoms with van der Waals surface area (Å²) < 4.78 is 29.4. The fourth-order valence-corrected chi connectivity index (χ4v) is 3.57. The third kappa shape index (κ3) is 6.61. The summed E-state index contributed by atoms with van der Waals surface area (Å²) in [4.78, 5) is 39.6. The summed E-state index contributed by atoms with van der Waals surface area (Å²) in [6.45, 7) is 16.2. The van der Waals surface area contributed by atoms with Crippen LogP contribution < -0.4 is 4.90 Å². The van der Waals surface area contributed by atoms with Crippen LogP contribution in [-0.4, -0.2) is 16.9 Å². The van der Waals surface area contributed by atoms with Gasteiger partial charge in [-0.25, -0.2) is 13.7 Å². The Morgan fingerprint density at radius 2 is 1.13 bits per heavy atom. The average Bonchev–Trinajstić information content (AvgIpc) is 2.68. The number of rotatable bonds is 8. The Labute approximate surface area is 189 Å². The summed E-state index contributed by atoms with van der Waals surface area (Å²) in [5, 5.41) is -0.262. The summed E-state index contributed by atoms with van der Waals surface area (Å²) in [6, 6.07) is 1.74. The van der Waals surface area contributed by atoms with Gasteiger partial charge < -0.3 is 0 Å². The van der Waals surface area contributed by atoms with Crippen LogP contribution in [0, 0.1) is 47.1 Å². The molecule has 31 heavy (non-hydrogen) atoms. The van der Waals surface area contributed by atoms with Crippen molar-refractivity contribution < 1.29 is 23.2 Å². The SMILES string of the molecule is CC(C)C(C)C(=O)Sc1cc(N(C(=O)C(C)C(C)C)C(=O)C(C)C(C)C)c(F)cc1F. The summed E-state index contributed by atoms with van der Waals surface area (Å²) in [7, 11) is 0. The number of thioether (sulfide) groups is 1. The van der Waals surface area contributed by atoms with Crippen molar-refractivity contribution in [2.75, 3.05) is 4.90 Å². The van der Waals surface area contributed by atoms with Crippen molar-refractivity contribution in [1.29, 1.82) is 0 Å². The molecule has 4 nitrogen and oxygen atoms in total. The molecule has 0 saturated heterocycles. The van der Waals surface area contributed by atoms with Gasteiger partial charge in [0, 0.05) is 23.8 Å². The number of nitrogens with zero attached hydrogens (tertiary/aromatic N) is 1. The highest BCUT2D eigenvalue weighted by molar-refractivity contribution is 8.13. The van der Waals surface area contributed by atoms with E-state index in [1.54, 1.807) is 20.8 Å². The Kier molecular flexibility index (Phi) is 9.86. The number of carbonyl (C=O) groups is 3. The lowest BCUT2D eigenvalue weighted by Crippen LogP contribution is -2.45. The molecule has 0 fully saturated rings. The van der Waals surface area contributed by atoms with Gasteiger partial charge in [-0.2, -0.15) is 0 Å². The monoisotopic (exact) mass is 455 g/mol. The molecule has 0 spiro atoms. The topological polar surface area (TPSA) is 54.5 Å². The number of hydrogen-bond donors (Lipinski definition) is 0. The Morgan fingerprint density at radius 3 is 1.52 bits per heavy atom. The molecule has 1 rings (SSSR count). The van der Waals surface area contributed by atoms with E-state index in [0.717, 1.165) is 11.0 Å². The largest absolute Gasteiger partial charge is 0.287 e. The second kappa shape index (κ2) is 11.2. The number of halogens is 2. The Bertz CT molecular complexity index is 797. The standard InChI is InChI=1S/C24H35F2NO3S/c1-12(2)15(7)22(28)27(23(29)16(8)13(3)4)20-11-21(19(26)10-18(20)25)31-24(30)17(9)14(5)6/h10-17H,1-9H3. The van der Waals surface area contributed by atoms with Crippen molar-refractivity contribution in [3.8, 4) is 0 Å². The number of imide groups is 1. The van der Waals surface area contributed by atoms with Crippen LogP contribution >= 0.6 is 11.8 Å². The third-order valence-electron chi connectivity index (χ3n) is 6.04. The molecule has 0 N–H and O–H groups in total. The van der Waals surface area contributed by atoms with Gasteiger partial charge in [0.1, 0.15) is 11.6 Å². The number of anilines is 1. The first-order chi connectivity index (χ1) is 14.2. The van der Waals surface area contributed by atoms with Crippen LogP contribution in [0.1, 0.15) is 62.3 Å². The molecule has 0 aliphatic heterocycles. The van der Waals surface area contributed by atoms with Gasteiger partial charge in [0.05, 0.1) is 10.6 Å². The quantitative estimate of drug-likeness (QED) is 0.431. The molecule has 0 heterocycles. The van der Waals surface area contributed by atoms with Crippen LogP contribution in [0.2, 0.25) is 0 Å². The van der Waals surface area contributed by atoms with Crippen molar-refractivity contribution >= 4 is 34.4 Å². The van der Waals surface area contributed by atoms with E-state index >= 15 is 0 Å². The van der Waals surface area contributed by atoms with Crippen LogP contribution in [-0.2, 0) is 14.4 Å². The molecule has 0 bridgehead atoms. The summed E-state index contributed by atoms with van der Waals surface area (Å²) in [5.74, 6) is -4.54. The summed E-state index contributed by atoms with van der Waals surface area (Å²) >= 11 is 0.670. The van der Waals surface area contributed by atoms with Gasteiger partial charge in [0.25, 0.3) is 0 Å². The Hall–Kier alpha value is -1.76. The molecule has 0 aromatic heterocycles. The molecule has 3 unspecified atom stereocenters. The molecule has 0 aliphatic carbocycles. The molecular formula is C24H35F2NO3S. The van der Waals surface area contributed by atoms with Gasteiger partial charge in [-0.1, -0.05) is 62.3 Å². The van der Waals surface area contributed by atoms with E-state index in [0.29, 0.717) is 17.8 Å². The van der Waals surface area contributed by atoms with E-state index in [1.165, 1.54) is 0 Å².